The van der Waals surface area contributed by atoms with E-state index in [9.17, 15) is 0 Å². The molecule has 0 atom stereocenters. The predicted molar refractivity (Wildman–Crippen MR) is 114 cm³/mol. The third-order valence-electron chi connectivity index (χ3n) is 3.25. The number of nitrogens with one attached hydrogen (secondary N) is 4. The SMILES string of the molecule is COc1ccc(CCNC(=S)NNC(=S)NCCCSC)cc1OC. The fourth-order valence-corrected chi connectivity index (χ4v) is 2.72. The number of thioether (sulfide) groups is 1. The highest BCUT2D eigenvalue weighted by molar-refractivity contribution is 7.98. The monoisotopic (exact) mass is 402 g/mol. The van der Waals surface area contributed by atoms with Crippen LogP contribution in [0.3, 0.4) is 0 Å². The van der Waals surface area contributed by atoms with Gasteiger partial charge >= 0.3 is 0 Å². The first-order valence-electron chi connectivity index (χ1n) is 7.88. The van der Waals surface area contributed by atoms with Crippen LogP contribution in [-0.4, -0.2) is 49.5 Å². The zero-order valence-electron chi connectivity index (χ0n) is 14.8. The normalized spacial score (nSPS) is 9.88. The van der Waals surface area contributed by atoms with Crippen LogP contribution in [-0.2, 0) is 6.42 Å². The summed E-state index contributed by atoms with van der Waals surface area (Å²) < 4.78 is 10.5. The van der Waals surface area contributed by atoms with E-state index in [1.165, 1.54) is 0 Å². The number of rotatable bonds is 9. The van der Waals surface area contributed by atoms with Crippen molar-refractivity contribution in [3.8, 4) is 11.5 Å². The number of hydrazine groups is 1. The van der Waals surface area contributed by atoms with Crippen LogP contribution in [0, 0.1) is 0 Å². The molecule has 4 N–H and O–H groups in total. The number of hydrogen-bond acceptors (Lipinski definition) is 5. The number of hydrogen-bond donors (Lipinski definition) is 4. The van der Waals surface area contributed by atoms with Crippen LogP contribution in [0.5, 0.6) is 11.5 Å². The molecular formula is C16H26N4O2S3. The number of methoxy groups -OCH3 is 2. The minimum Gasteiger partial charge on any atom is -0.493 e. The molecule has 0 amide bonds. The molecule has 0 heterocycles. The summed E-state index contributed by atoms with van der Waals surface area (Å²) in [5, 5.41) is 7.26. The second-order valence-electron chi connectivity index (χ2n) is 5.05. The standard InChI is InChI=1S/C16H26N4O2S3/c1-21-13-6-5-12(11-14(13)22-2)7-9-18-16(24)20-19-15(23)17-8-4-10-25-3/h5-6,11H,4,7-10H2,1-3H3,(H2,17,19,23)(H2,18,20,24). The quantitative estimate of drug-likeness (QED) is 0.281. The molecule has 0 aliphatic heterocycles. The molecule has 0 fully saturated rings. The molecule has 9 heteroatoms. The summed E-state index contributed by atoms with van der Waals surface area (Å²) in [6.45, 7) is 1.53. The molecule has 1 aromatic rings. The van der Waals surface area contributed by atoms with Crippen molar-refractivity contribution in [2.75, 3.05) is 39.3 Å². The first-order valence-corrected chi connectivity index (χ1v) is 10.1. The summed E-state index contributed by atoms with van der Waals surface area (Å²) in [5.41, 5.74) is 6.86. The van der Waals surface area contributed by atoms with Crippen LogP contribution in [0.2, 0.25) is 0 Å². The van der Waals surface area contributed by atoms with Gasteiger partial charge in [0.15, 0.2) is 21.7 Å². The molecule has 0 saturated carbocycles. The number of thiocarbonyl (C=S) groups is 2. The lowest BCUT2D eigenvalue weighted by Crippen LogP contribution is -2.50. The third kappa shape index (κ3) is 8.99. The molecule has 1 rings (SSSR count). The molecule has 0 radical (unpaired) electrons. The van der Waals surface area contributed by atoms with E-state index in [-0.39, 0.29) is 0 Å². The van der Waals surface area contributed by atoms with E-state index in [1.54, 1.807) is 14.2 Å². The Hall–Kier alpha value is -1.45. The van der Waals surface area contributed by atoms with Crippen LogP contribution in [0.15, 0.2) is 18.2 Å². The zero-order chi connectivity index (χ0) is 18.5. The highest BCUT2D eigenvalue weighted by Gasteiger charge is 2.04. The summed E-state index contributed by atoms with van der Waals surface area (Å²) in [6, 6.07) is 5.86. The Kier molecular flexibility index (Phi) is 11.1. The molecule has 0 bridgehead atoms. The minimum absolute atomic E-state index is 0.494. The largest absolute Gasteiger partial charge is 0.493 e. The van der Waals surface area contributed by atoms with Crippen molar-refractivity contribution < 1.29 is 9.47 Å². The fourth-order valence-electron chi connectivity index (χ4n) is 1.98. The van der Waals surface area contributed by atoms with Crippen molar-refractivity contribution in [1.82, 2.24) is 21.5 Å². The first kappa shape index (κ1) is 21.6. The van der Waals surface area contributed by atoms with Gasteiger partial charge in [-0.15, -0.1) is 0 Å². The lowest BCUT2D eigenvalue weighted by molar-refractivity contribution is 0.354. The summed E-state index contributed by atoms with van der Waals surface area (Å²) >= 11 is 12.2. The predicted octanol–water partition coefficient (Wildman–Crippen LogP) is 1.84. The van der Waals surface area contributed by atoms with Gasteiger partial charge in [0.25, 0.3) is 0 Å². The van der Waals surface area contributed by atoms with E-state index >= 15 is 0 Å². The van der Waals surface area contributed by atoms with Crippen molar-refractivity contribution in [1.29, 1.82) is 0 Å². The Balaban J connectivity index is 2.23. The topological polar surface area (TPSA) is 66.6 Å². The Bertz CT molecular complexity index is 558. The second-order valence-corrected chi connectivity index (χ2v) is 6.85. The smallest absolute Gasteiger partial charge is 0.185 e. The van der Waals surface area contributed by atoms with Crippen LogP contribution < -0.4 is 31.0 Å². The van der Waals surface area contributed by atoms with E-state index in [0.29, 0.717) is 16.8 Å². The molecule has 0 aliphatic carbocycles. The molecule has 6 nitrogen and oxygen atoms in total. The maximum absolute atomic E-state index is 5.30. The summed E-state index contributed by atoms with van der Waals surface area (Å²) in [6.07, 6.45) is 3.96. The van der Waals surface area contributed by atoms with Gasteiger partial charge in [-0.3, -0.25) is 10.9 Å². The number of benzene rings is 1. The van der Waals surface area contributed by atoms with Crippen molar-refractivity contribution in [3.05, 3.63) is 23.8 Å². The molecule has 0 aliphatic rings. The van der Waals surface area contributed by atoms with Gasteiger partial charge in [-0.05, 0) is 67.0 Å². The second kappa shape index (κ2) is 12.8. The minimum atomic E-state index is 0.494. The Morgan fingerprint density at radius 3 is 2.24 bits per heavy atom. The average Bonchev–Trinajstić information content (AvgIpc) is 2.63. The Labute approximate surface area is 164 Å². The fraction of sp³-hybridized carbons (Fsp3) is 0.500. The Morgan fingerprint density at radius 1 is 1.00 bits per heavy atom. The van der Waals surface area contributed by atoms with Gasteiger partial charge in [-0.1, -0.05) is 6.07 Å². The van der Waals surface area contributed by atoms with Crippen LogP contribution >= 0.6 is 36.2 Å². The van der Waals surface area contributed by atoms with Crippen LogP contribution in [0.4, 0.5) is 0 Å². The molecule has 1 aromatic carbocycles. The third-order valence-corrected chi connectivity index (χ3v) is 4.44. The van der Waals surface area contributed by atoms with E-state index in [1.807, 2.05) is 30.0 Å². The molecule has 0 saturated heterocycles. The number of ether oxygens (including phenoxy) is 2. The first-order chi connectivity index (χ1) is 12.1. The molecular weight excluding hydrogens is 376 g/mol. The van der Waals surface area contributed by atoms with E-state index in [4.69, 9.17) is 33.9 Å². The van der Waals surface area contributed by atoms with E-state index in [2.05, 4.69) is 27.7 Å². The maximum Gasteiger partial charge on any atom is 0.185 e. The van der Waals surface area contributed by atoms with Gasteiger partial charge in [0.2, 0.25) is 0 Å². The van der Waals surface area contributed by atoms with Gasteiger partial charge < -0.3 is 20.1 Å². The van der Waals surface area contributed by atoms with E-state index in [0.717, 1.165) is 42.2 Å². The molecule has 140 valence electrons. The lowest BCUT2D eigenvalue weighted by atomic mass is 10.1. The highest BCUT2D eigenvalue weighted by Crippen LogP contribution is 2.27. The van der Waals surface area contributed by atoms with Gasteiger partial charge in [-0.25, -0.2) is 0 Å². The molecule has 0 unspecified atom stereocenters. The summed E-state index contributed by atoms with van der Waals surface area (Å²) in [5.74, 6) is 2.55. The van der Waals surface area contributed by atoms with Gasteiger partial charge in [0.05, 0.1) is 14.2 Å². The van der Waals surface area contributed by atoms with Crippen molar-refractivity contribution >= 4 is 46.4 Å². The summed E-state index contributed by atoms with van der Waals surface area (Å²) in [7, 11) is 3.25. The average molecular weight is 403 g/mol. The van der Waals surface area contributed by atoms with Gasteiger partial charge in [-0.2, -0.15) is 11.8 Å². The molecule has 0 spiro atoms. The van der Waals surface area contributed by atoms with Gasteiger partial charge in [0.1, 0.15) is 0 Å². The summed E-state index contributed by atoms with van der Waals surface area (Å²) in [4.78, 5) is 0. The van der Waals surface area contributed by atoms with Gasteiger partial charge in [0, 0.05) is 13.1 Å². The maximum atomic E-state index is 5.30. The lowest BCUT2D eigenvalue weighted by Gasteiger charge is -2.14. The van der Waals surface area contributed by atoms with Crippen LogP contribution in [0.1, 0.15) is 12.0 Å². The zero-order valence-corrected chi connectivity index (χ0v) is 17.3. The van der Waals surface area contributed by atoms with Crippen LogP contribution in [0.25, 0.3) is 0 Å². The van der Waals surface area contributed by atoms with Crippen molar-refractivity contribution in [2.24, 2.45) is 0 Å². The van der Waals surface area contributed by atoms with E-state index < -0.39 is 0 Å². The Morgan fingerprint density at radius 2 is 1.64 bits per heavy atom. The van der Waals surface area contributed by atoms with Crippen molar-refractivity contribution in [3.63, 3.8) is 0 Å². The van der Waals surface area contributed by atoms with Crippen molar-refractivity contribution in [2.45, 2.75) is 12.8 Å². The molecule has 25 heavy (non-hydrogen) atoms. The molecule has 0 aromatic heterocycles. The highest BCUT2D eigenvalue weighted by atomic mass is 32.2.